The van der Waals surface area contributed by atoms with E-state index in [4.69, 9.17) is 11.6 Å². The van der Waals surface area contributed by atoms with Crippen LogP contribution in [0.3, 0.4) is 0 Å². The van der Waals surface area contributed by atoms with Crippen LogP contribution in [0.4, 0.5) is 5.69 Å². The molecular weight excluding hydrogens is 272 g/mol. The number of aryl methyl sites for hydroxylation is 1. The van der Waals surface area contributed by atoms with Gasteiger partial charge in [-0.15, -0.1) is 0 Å². The summed E-state index contributed by atoms with van der Waals surface area (Å²) in [5, 5.41) is 6.67. The molecule has 0 radical (unpaired) electrons. The molecular formula is C16H25ClN2O. The van der Waals surface area contributed by atoms with Crippen molar-refractivity contribution in [2.45, 2.75) is 40.0 Å². The molecule has 3 nitrogen and oxygen atoms in total. The van der Waals surface area contributed by atoms with Crippen LogP contribution in [-0.2, 0) is 4.79 Å². The van der Waals surface area contributed by atoms with E-state index in [1.807, 2.05) is 19.1 Å². The smallest absolute Gasteiger partial charge is 0.238 e. The molecule has 0 fully saturated rings. The summed E-state index contributed by atoms with van der Waals surface area (Å²) in [5.74, 6) is 0.725. The van der Waals surface area contributed by atoms with Gasteiger partial charge in [0.15, 0.2) is 0 Å². The van der Waals surface area contributed by atoms with Crippen molar-refractivity contribution in [2.75, 3.05) is 18.4 Å². The maximum atomic E-state index is 11.8. The van der Waals surface area contributed by atoms with Gasteiger partial charge in [0.1, 0.15) is 0 Å². The van der Waals surface area contributed by atoms with E-state index in [9.17, 15) is 4.79 Å². The fraction of sp³-hybridized carbons (Fsp3) is 0.562. The molecule has 0 spiro atoms. The molecule has 1 rings (SSSR count). The lowest BCUT2D eigenvalue weighted by Crippen LogP contribution is -2.29. The highest BCUT2D eigenvalue weighted by Crippen LogP contribution is 2.19. The van der Waals surface area contributed by atoms with Crippen molar-refractivity contribution in [3.05, 3.63) is 28.8 Å². The number of nitrogens with one attached hydrogen (secondary N) is 2. The van der Waals surface area contributed by atoms with Crippen molar-refractivity contribution in [1.82, 2.24) is 5.32 Å². The standard InChI is InChI=1S/C16H25ClN2O/c1-12(2)6-4-5-9-18-11-16(20)19-15-10-14(17)8-7-13(15)3/h7-8,10,12,18H,4-6,9,11H2,1-3H3,(H,19,20). The Hall–Kier alpha value is -1.06. The summed E-state index contributed by atoms with van der Waals surface area (Å²) >= 11 is 5.92. The number of anilines is 1. The fourth-order valence-corrected chi connectivity index (χ4v) is 2.10. The van der Waals surface area contributed by atoms with Gasteiger partial charge in [-0.1, -0.05) is 44.4 Å². The van der Waals surface area contributed by atoms with Crippen LogP contribution >= 0.6 is 11.6 Å². The second-order valence-corrected chi connectivity index (χ2v) is 6.01. The summed E-state index contributed by atoms with van der Waals surface area (Å²) < 4.78 is 0. The van der Waals surface area contributed by atoms with Gasteiger partial charge in [-0.2, -0.15) is 0 Å². The predicted molar refractivity (Wildman–Crippen MR) is 86.4 cm³/mol. The van der Waals surface area contributed by atoms with Gasteiger partial charge in [0, 0.05) is 10.7 Å². The molecule has 0 bridgehead atoms. The third-order valence-corrected chi connectivity index (χ3v) is 3.38. The van der Waals surface area contributed by atoms with Gasteiger partial charge in [0.05, 0.1) is 6.54 Å². The van der Waals surface area contributed by atoms with Crippen LogP contribution in [0.5, 0.6) is 0 Å². The average molecular weight is 297 g/mol. The first-order chi connectivity index (χ1) is 9.49. The quantitative estimate of drug-likeness (QED) is 0.712. The number of hydrogen-bond donors (Lipinski definition) is 2. The normalized spacial score (nSPS) is 10.8. The molecule has 112 valence electrons. The van der Waals surface area contributed by atoms with Gasteiger partial charge in [-0.25, -0.2) is 0 Å². The van der Waals surface area contributed by atoms with Crippen molar-refractivity contribution >= 4 is 23.2 Å². The van der Waals surface area contributed by atoms with Crippen LogP contribution in [0, 0.1) is 12.8 Å². The number of unbranched alkanes of at least 4 members (excludes halogenated alkanes) is 1. The first kappa shape index (κ1) is 17.0. The lowest BCUT2D eigenvalue weighted by molar-refractivity contribution is -0.115. The van der Waals surface area contributed by atoms with E-state index in [1.54, 1.807) is 6.07 Å². The Morgan fingerprint density at radius 2 is 2.05 bits per heavy atom. The van der Waals surface area contributed by atoms with Crippen LogP contribution < -0.4 is 10.6 Å². The molecule has 0 unspecified atom stereocenters. The van der Waals surface area contributed by atoms with Crippen LogP contribution in [0.1, 0.15) is 38.7 Å². The summed E-state index contributed by atoms with van der Waals surface area (Å²) in [6, 6.07) is 5.49. The molecule has 2 N–H and O–H groups in total. The zero-order chi connectivity index (χ0) is 15.0. The van der Waals surface area contributed by atoms with Crippen molar-refractivity contribution in [2.24, 2.45) is 5.92 Å². The van der Waals surface area contributed by atoms with Gasteiger partial charge in [-0.3, -0.25) is 4.79 Å². The van der Waals surface area contributed by atoms with Crippen molar-refractivity contribution in [1.29, 1.82) is 0 Å². The minimum Gasteiger partial charge on any atom is -0.325 e. The Kier molecular flexibility index (Phi) is 7.63. The molecule has 0 saturated carbocycles. The summed E-state index contributed by atoms with van der Waals surface area (Å²) in [6.45, 7) is 7.63. The van der Waals surface area contributed by atoms with Crippen molar-refractivity contribution in [3.8, 4) is 0 Å². The number of halogens is 1. The van der Waals surface area contributed by atoms with E-state index in [0.717, 1.165) is 30.1 Å². The SMILES string of the molecule is Cc1ccc(Cl)cc1NC(=O)CNCCCCC(C)C. The molecule has 0 aromatic heterocycles. The molecule has 0 atom stereocenters. The van der Waals surface area contributed by atoms with E-state index in [-0.39, 0.29) is 5.91 Å². The molecule has 1 amide bonds. The molecule has 4 heteroatoms. The number of rotatable bonds is 8. The van der Waals surface area contributed by atoms with Crippen LogP contribution in [0.25, 0.3) is 0 Å². The first-order valence-corrected chi connectivity index (χ1v) is 7.63. The third-order valence-electron chi connectivity index (χ3n) is 3.14. The monoisotopic (exact) mass is 296 g/mol. The average Bonchev–Trinajstić information content (AvgIpc) is 2.37. The van der Waals surface area contributed by atoms with Crippen molar-refractivity contribution < 1.29 is 4.79 Å². The Bertz CT molecular complexity index is 432. The Morgan fingerprint density at radius 3 is 2.75 bits per heavy atom. The second kappa shape index (κ2) is 8.98. The highest BCUT2D eigenvalue weighted by Gasteiger charge is 2.05. The summed E-state index contributed by atoms with van der Waals surface area (Å²) in [6.07, 6.45) is 3.57. The summed E-state index contributed by atoms with van der Waals surface area (Å²) in [7, 11) is 0. The van der Waals surface area contributed by atoms with Gasteiger partial charge in [0.2, 0.25) is 5.91 Å². The number of carbonyl (C=O) groups is 1. The minimum absolute atomic E-state index is 0.0285. The second-order valence-electron chi connectivity index (χ2n) is 5.57. The van der Waals surface area contributed by atoms with E-state index < -0.39 is 0 Å². The summed E-state index contributed by atoms with van der Waals surface area (Å²) in [4.78, 5) is 11.8. The Balaban J connectivity index is 2.22. The van der Waals surface area contributed by atoms with E-state index in [1.165, 1.54) is 12.8 Å². The predicted octanol–water partition coefficient (Wildman–Crippen LogP) is 4.00. The van der Waals surface area contributed by atoms with Gasteiger partial charge >= 0.3 is 0 Å². The van der Waals surface area contributed by atoms with E-state index >= 15 is 0 Å². The first-order valence-electron chi connectivity index (χ1n) is 7.25. The number of benzene rings is 1. The van der Waals surface area contributed by atoms with Crippen molar-refractivity contribution in [3.63, 3.8) is 0 Å². The molecule has 0 aliphatic heterocycles. The molecule has 1 aromatic rings. The fourth-order valence-electron chi connectivity index (χ4n) is 1.93. The summed E-state index contributed by atoms with van der Waals surface area (Å²) in [5.41, 5.74) is 1.80. The maximum Gasteiger partial charge on any atom is 0.238 e. The minimum atomic E-state index is -0.0285. The zero-order valence-electron chi connectivity index (χ0n) is 12.6. The highest BCUT2D eigenvalue weighted by atomic mass is 35.5. The van der Waals surface area contributed by atoms with Gasteiger partial charge in [-0.05, 0) is 43.5 Å². The largest absolute Gasteiger partial charge is 0.325 e. The van der Waals surface area contributed by atoms with Gasteiger partial charge < -0.3 is 10.6 Å². The Labute approximate surface area is 127 Å². The number of hydrogen-bond acceptors (Lipinski definition) is 2. The highest BCUT2D eigenvalue weighted by molar-refractivity contribution is 6.31. The molecule has 0 saturated heterocycles. The third kappa shape index (κ3) is 6.92. The Morgan fingerprint density at radius 1 is 1.30 bits per heavy atom. The van der Waals surface area contributed by atoms with Crippen LogP contribution in [0.15, 0.2) is 18.2 Å². The topological polar surface area (TPSA) is 41.1 Å². The molecule has 0 aliphatic rings. The maximum absolute atomic E-state index is 11.8. The lowest BCUT2D eigenvalue weighted by Gasteiger charge is -2.10. The number of amides is 1. The molecule has 0 heterocycles. The zero-order valence-corrected chi connectivity index (χ0v) is 13.4. The molecule has 0 aliphatic carbocycles. The van der Waals surface area contributed by atoms with E-state index in [2.05, 4.69) is 24.5 Å². The number of carbonyl (C=O) groups excluding carboxylic acids is 1. The van der Waals surface area contributed by atoms with Crippen LogP contribution in [0.2, 0.25) is 5.02 Å². The lowest BCUT2D eigenvalue weighted by atomic mass is 10.1. The van der Waals surface area contributed by atoms with Crippen LogP contribution in [-0.4, -0.2) is 19.0 Å². The molecule has 1 aromatic carbocycles. The molecule has 20 heavy (non-hydrogen) atoms. The van der Waals surface area contributed by atoms with Gasteiger partial charge in [0.25, 0.3) is 0 Å². The van der Waals surface area contributed by atoms with E-state index in [0.29, 0.717) is 11.6 Å².